The number of amides is 3. The lowest BCUT2D eigenvalue weighted by atomic mass is 10.0. The predicted molar refractivity (Wildman–Crippen MR) is 137 cm³/mol. The second-order valence-corrected chi connectivity index (χ2v) is 11.2. The number of thiazole rings is 1. The van der Waals surface area contributed by atoms with Crippen molar-refractivity contribution in [1.82, 2.24) is 25.4 Å². The summed E-state index contributed by atoms with van der Waals surface area (Å²) in [7, 11) is 0. The van der Waals surface area contributed by atoms with E-state index in [0.717, 1.165) is 16.2 Å². The number of anilines is 1. The number of β-lactam (4-membered cyclic amide) rings is 1. The Hall–Kier alpha value is -3.55. The van der Waals surface area contributed by atoms with Gasteiger partial charge in [0.25, 0.3) is 18.3 Å². The molecule has 2 aliphatic heterocycles. The lowest BCUT2D eigenvalue weighted by molar-refractivity contribution is -0.150. The topological polar surface area (TPSA) is 202 Å². The average molecular weight is 600 g/mol. The zero-order valence-corrected chi connectivity index (χ0v) is 22.2. The summed E-state index contributed by atoms with van der Waals surface area (Å²) in [6, 6.07) is -1.02. The molecule has 1 saturated heterocycles. The van der Waals surface area contributed by atoms with E-state index in [9.17, 15) is 29.1 Å². The smallest absolute Gasteiger partial charge is 0.352 e. The fourth-order valence-corrected chi connectivity index (χ4v) is 6.95. The number of aliphatic carboxylic acids is 1. The summed E-state index contributed by atoms with van der Waals surface area (Å²) in [6.45, 7) is -0.0392. The molecule has 0 aliphatic carbocycles. The highest BCUT2D eigenvalue weighted by Gasteiger charge is 2.54. The van der Waals surface area contributed by atoms with Gasteiger partial charge in [0.2, 0.25) is 6.41 Å². The molecule has 15 nitrogen and oxygen atoms in total. The quantitative estimate of drug-likeness (QED) is 0.0654. The van der Waals surface area contributed by atoms with Gasteiger partial charge in [-0.1, -0.05) is 28.3 Å². The van der Waals surface area contributed by atoms with Crippen LogP contribution in [-0.4, -0.2) is 97.7 Å². The lowest BCUT2D eigenvalue weighted by Gasteiger charge is -2.49. The van der Waals surface area contributed by atoms with Crippen LogP contribution < -0.4 is 10.6 Å². The molecule has 3 N–H and O–H groups in total. The van der Waals surface area contributed by atoms with E-state index in [0.29, 0.717) is 27.8 Å². The third kappa shape index (κ3) is 6.11. The van der Waals surface area contributed by atoms with E-state index in [2.05, 4.69) is 35.7 Å². The highest BCUT2D eigenvalue weighted by molar-refractivity contribution is 8.01. The number of carbonyl (C=O) groups excluding carboxylic acids is 4. The number of thioether (sulfide) groups is 2. The fourth-order valence-electron chi connectivity index (χ4n) is 3.33. The summed E-state index contributed by atoms with van der Waals surface area (Å²) in [5.41, 5.74) is 1.79. The van der Waals surface area contributed by atoms with Crippen LogP contribution in [0.5, 0.6) is 0 Å². The Morgan fingerprint density at radius 2 is 2.16 bits per heavy atom. The van der Waals surface area contributed by atoms with Gasteiger partial charge in [-0.2, -0.15) is 0 Å². The lowest BCUT2D eigenvalue weighted by Crippen LogP contribution is -2.71. The van der Waals surface area contributed by atoms with Crippen molar-refractivity contribution in [3.8, 4) is 0 Å². The normalized spacial score (nSPS) is 18.8. The van der Waals surface area contributed by atoms with Crippen molar-refractivity contribution in [3.63, 3.8) is 0 Å². The number of carboxylic acid groups (broad SMARTS) is 1. The zero-order valence-electron chi connectivity index (χ0n) is 19.0. The van der Waals surface area contributed by atoms with Crippen LogP contribution in [0, 0.1) is 0 Å². The molecular formula is C19H17N7O8S4. The van der Waals surface area contributed by atoms with Crippen LogP contribution >= 0.6 is 46.2 Å². The van der Waals surface area contributed by atoms with Gasteiger partial charge < -0.3 is 25.3 Å². The van der Waals surface area contributed by atoms with Crippen molar-refractivity contribution < 1.29 is 38.7 Å². The van der Waals surface area contributed by atoms with E-state index in [4.69, 9.17) is 4.84 Å². The molecule has 0 bridgehead atoms. The molecule has 19 heteroatoms. The van der Waals surface area contributed by atoms with Gasteiger partial charge in [0, 0.05) is 16.9 Å². The number of ether oxygens (including phenoxy) is 1. The molecule has 1 fully saturated rings. The zero-order chi connectivity index (χ0) is 27.1. The van der Waals surface area contributed by atoms with E-state index < -0.39 is 29.2 Å². The first-order valence-corrected chi connectivity index (χ1v) is 14.2. The molecule has 200 valence electrons. The number of carboxylic acids is 1. The number of nitrogens with zero attached hydrogens (tertiary/aromatic N) is 5. The van der Waals surface area contributed by atoms with Crippen LogP contribution in [0.4, 0.5) is 5.13 Å². The van der Waals surface area contributed by atoms with E-state index in [1.165, 1.54) is 40.2 Å². The summed E-state index contributed by atoms with van der Waals surface area (Å²) in [4.78, 5) is 69.4. The van der Waals surface area contributed by atoms with Gasteiger partial charge in [0.1, 0.15) is 34.9 Å². The molecule has 2 atom stereocenters. The van der Waals surface area contributed by atoms with E-state index in [-0.39, 0.29) is 41.9 Å². The molecule has 2 aromatic heterocycles. The minimum atomic E-state index is -1.24. The van der Waals surface area contributed by atoms with Crippen molar-refractivity contribution in [2.45, 2.75) is 15.8 Å². The second kappa shape index (κ2) is 12.8. The van der Waals surface area contributed by atoms with Crippen LogP contribution in [0.1, 0.15) is 5.69 Å². The molecule has 4 heterocycles. The van der Waals surface area contributed by atoms with Crippen molar-refractivity contribution in [1.29, 1.82) is 0 Å². The summed E-state index contributed by atoms with van der Waals surface area (Å²) in [5.74, 6) is -1.98. The van der Waals surface area contributed by atoms with Crippen LogP contribution in [0.3, 0.4) is 0 Å². The fraction of sp³-hybridized carbons (Fsp3) is 0.316. The number of oxime groups is 1. The van der Waals surface area contributed by atoms with Crippen LogP contribution in [0.25, 0.3) is 0 Å². The Morgan fingerprint density at radius 3 is 2.87 bits per heavy atom. The molecule has 0 spiro atoms. The number of hydrogen-bond donors (Lipinski definition) is 3. The second-order valence-electron chi connectivity index (χ2n) is 7.15. The molecule has 38 heavy (non-hydrogen) atoms. The first-order valence-electron chi connectivity index (χ1n) is 10.5. The average Bonchev–Trinajstić information content (AvgIpc) is 3.60. The van der Waals surface area contributed by atoms with Crippen molar-refractivity contribution in [3.05, 3.63) is 27.9 Å². The van der Waals surface area contributed by atoms with Crippen molar-refractivity contribution in [2.75, 3.05) is 30.0 Å². The highest BCUT2D eigenvalue weighted by Crippen LogP contribution is 2.41. The number of rotatable bonds is 14. The van der Waals surface area contributed by atoms with Gasteiger partial charge in [0.05, 0.1) is 0 Å². The van der Waals surface area contributed by atoms with E-state index >= 15 is 0 Å². The third-order valence-corrected chi connectivity index (χ3v) is 8.97. The van der Waals surface area contributed by atoms with Crippen LogP contribution in [0.2, 0.25) is 0 Å². The Labute approximate surface area is 230 Å². The Morgan fingerprint density at radius 1 is 1.32 bits per heavy atom. The largest absolute Gasteiger partial charge is 0.477 e. The van der Waals surface area contributed by atoms with Gasteiger partial charge in [-0.05, 0) is 5.57 Å². The maximum absolute atomic E-state index is 13.1. The van der Waals surface area contributed by atoms with E-state index in [1.54, 1.807) is 5.51 Å². The standard InChI is InChI=1S/C19H17N7O8S4/c27-6-20-18-22-10(5-36-18)11(25-34-2-1-33-8-28)14(29)23-12-15(30)26-13(17(31)32)9(3-35-16(12)26)4-37-19-24-21-7-38-19/h5-8,12,16H,1-4H2,(H,23,29)(H,31,32)(H,20,22,27)/b25-11+/t12?,16-/m1/s1. The first kappa shape index (κ1) is 27.5. The number of hydrogen-bond acceptors (Lipinski definition) is 15. The highest BCUT2D eigenvalue weighted by atomic mass is 32.2. The molecule has 0 saturated carbocycles. The SMILES string of the molecule is O=CNc1nc(/C(=N\OCCOC=O)C(=O)NC2C(=O)N3C(C(=O)O)=C(CSc4nncs4)CS[C@H]23)cs1. The van der Waals surface area contributed by atoms with Crippen molar-refractivity contribution >= 4 is 87.7 Å². The molecule has 3 amide bonds. The third-order valence-electron chi connectivity index (χ3n) is 4.91. The Kier molecular flexibility index (Phi) is 9.26. The van der Waals surface area contributed by atoms with Crippen LogP contribution in [0.15, 0.2) is 31.7 Å². The molecule has 2 aliphatic rings. The maximum atomic E-state index is 13.1. The molecule has 0 aromatic carbocycles. The predicted octanol–water partition coefficient (Wildman–Crippen LogP) is -0.0125. The molecule has 2 aromatic rings. The number of carbonyl (C=O) groups is 5. The number of aromatic nitrogens is 3. The van der Waals surface area contributed by atoms with Gasteiger partial charge in [0.15, 0.2) is 21.8 Å². The van der Waals surface area contributed by atoms with E-state index in [1.807, 2.05) is 0 Å². The van der Waals surface area contributed by atoms with Gasteiger partial charge in [-0.3, -0.25) is 24.1 Å². The van der Waals surface area contributed by atoms with Crippen molar-refractivity contribution in [2.24, 2.45) is 5.16 Å². The molecule has 1 unspecified atom stereocenters. The molecule has 4 rings (SSSR count). The minimum Gasteiger partial charge on any atom is -0.477 e. The summed E-state index contributed by atoms with van der Waals surface area (Å²) in [6.07, 6.45) is 0.419. The number of nitrogens with one attached hydrogen (secondary N) is 2. The van der Waals surface area contributed by atoms with Gasteiger partial charge in [-0.15, -0.1) is 33.3 Å². The monoisotopic (exact) mass is 599 g/mol. The Balaban J connectivity index is 1.48. The summed E-state index contributed by atoms with van der Waals surface area (Å²) in [5, 5.41) is 27.2. The number of fused-ring (bicyclic) bond motifs is 1. The summed E-state index contributed by atoms with van der Waals surface area (Å²) >= 11 is 5.00. The van der Waals surface area contributed by atoms with Crippen LogP contribution in [-0.2, 0) is 33.5 Å². The Bertz CT molecular complexity index is 1280. The molecule has 0 radical (unpaired) electrons. The first-order chi connectivity index (χ1) is 18.4. The summed E-state index contributed by atoms with van der Waals surface area (Å²) < 4.78 is 5.18. The van der Waals surface area contributed by atoms with Gasteiger partial charge >= 0.3 is 5.97 Å². The van der Waals surface area contributed by atoms with Gasteiger partial charge in [-0.25, -0.2) is 9.78 Å². The maximum Gasteiger partial charge on any atom is 0.352 e. The minimum absolute atomic E-state index is 0.0650. The molecular weight excluding hydrogens is 583 g/mol.